The Morgan fingerprint density at radius 2 is 2.11 bits per heavy atom. The third-order valence-corrected chi connectivity index (χ3v) is 4.77. The summed E-state index contributed by atoms with van der Waals surface area (Å²) in [6.07, 6.45) is 2.31. The predicted molar refractivity (Wildman–Crippen MR) is 97.1 cm³/mol. The maximum atomic E-state index is 14.3. The molecule has 2 heterocycles. The number of rotatable bonds is 5. The van der Waals surface area contributed by atoms with Crippen LogP contribution in [-0.4, -0.2) is 26.8 Å². The van der Waals surface area contributed by atoms with Crippen molar-refractivity contribution in [3.63, 3.8) is 0 Å². The van der Waals surface area contributed by atoms with Crippen molar-refractivity contribution in [2.24, 2.45) is 0 Å². The lowest BCUT2D eigenvalue weighted by molar-refractivity contribution is 0.0660. The van der Waals surface area contributed by atoms with E-state index in [0.717, 1.165) is 29.7 Å². The first-order valence-electron chi connectivity index (χ1n) is 8.91. The first-order valence-corrected chi connectivity index (χ1v) is 8.91. The Morgan fingerprint density at radius 3 is 2.86 bits per heavy atom. The van der Waals surface area contributed by atoms with Gasteiger partial charge in [0, 0.05) is 11.3 Å². The summed E-state index contributed by atoms with van der Waals surface area (Å²) in [4.78, 5) is 23.5. The van der Waals surface area contributed by atoms with Crippen molar-refractivity contribution in [2.45, 2.75) is 32.7 Å². The molecule has 0 radical (unpaired) electrons. The number of hydrogen-bond donors (Lipinski definition) is 2. The van der Waals surface area contributed by atoms with Gasteiger partial charge in [0.2, 0.25) is 5.76 Å². The maximum absolute atomic E-state index is 14.3. The molecule has 1 aromatic carbocycles. The number of carboxylic acid groups (broad SMARTS) is 1. The van der Waals surface area contributed by atoms with Gasteiger partial charge in [0.15, 0.2) is 5.69 Å². The van der Waals surface area contributed by atoms with Crippen LogP contribution < -0.4 is 5.32 Å². The van der Waals surface area contributed by atoms with Crippen LogP contribution in [0.3, 0.4) is 0 Å². The van der Waals surface area contributed by atoms with Gasteiger partial charge in [-0.2, -0.15) is 5.10 Å². The molecule has 8 heteroatoms. The molecule has 0 spiro atoms. The molecule has 2 N–H and O–H groups in total. The average molecular weight is 383 g/mol. The number of aryl methyl sites for hydroxylation is 1. The van der Waals surface area contributed by atoms with Gasteiger partial charge in [-0.15, -0.1) is 0 Å². The first kappa shape index (κ1) is 18.0. The quantitative estimate of drug-likeness (QED) is 0.706. The zero-order valence-electron chi connectivity index (χ0n) is 15.2. The smallest absolute Gasteiger partial charge is 0.371 e. The van der Waals surface area contributed by atoms with Crippen LogP contribution in [0.25, 0.3) is 5.69 Å². The summed E-state index contributed by atoms with van der Waals surface area (Å²) in [6.45, 7) is 1.90. The van der Waals surface area contributed by atoms with Gasteiger partial charge in [-0.3, -0.25) is 4.79 Å². The van der Waals surface area contributed by atoms with E-state index >= 15 is 0 Å². The summed E-state index contributed by atoms with van der Waals surface area (Å²) in [5, 5.41) is 16.0. The monoisotopic (exact) mass is 383 g/mol. The second-order valence-corrected chi connectivity index (χ2v) is 6.75. The Hall–Kier alpha value is -3.42. The van der Waals surface area contributed by atoms with Gasteiger partial charge < -0.3 is 14.8 Å². The molecule has 1 amide bonds. The minimum absolute atomic E-state index is 0.0343. The molecule has 1 aliphatic rings. The third kappa shape index (κ3) is 3.17. The highest BCUT2D eigenvalue weighted by atomic mass is 19.1. The summed E-state index contributed by atoms with van der Waals surface area (Å²) in [6, 6.07) is 7.61. The standard InChI is InChI=1S/C20H18FN3O4/c1-11-5-7-14(21)16(9-11)24-15-4-2-3-13(15)18(23-24)19(25)22-10-12-6-8-17(28-12)20(26)27/h5-9H,2-4,10H2,1H3,(H,22,25)(H,26,27). The maximum Gasteiger partial charge on any atom is 0.371 e. The number of nitrogens with zero attached hydrogens (tertiary/aromatic N) is 2. The highest BCUT2D eigenvalue weighted by molar-refractivity contribution is 5.94. The minimum atomic E-state index is -1.17. The van der Waals surface area contributed by atoms with Crippen LogP contribution in [0, 0.1) is 12.7 Å². The van der Waals surface area contributed by atoms with Crippen LogP contribution in [-0.2, 0) is 19.4 Å². The fraction of sp³-hybridized carbons (Fsp3) is 0.250. The van der Waals surface area contributed by atoms with E-state index in [1.807, 2.05) is 6.92 Å². The number of hydrogen-bond acceptors (Lipinski definition) is 4. The fourth-order valence-electron chi connectivity index (χ4n) is 3.44. The molecule has 0 saturated heterocycles. The Morgan fingerprint density at radius 1 is 1.29 bits per heavy atom. The average Bonchev–Trinajstić information content (AvgIpc) is 3.38. The van der Waals surface area contributed by atoms with Gasteiger partial charge in [-0.05, 0) is 56.0 Å². The van der Waals surface area contributed by atoms with Gasteiger partial charge in [-0.1, -0.05) is 6.07 Å². The Balaban J connectivity index is 1.60. The summed E-state index contributed by atoms with van der Waals surface area (Å²) in [5.74, 6) is -1.84. The number of carboxylic acids is 1. The Labute approximate surface area is 159 Å². The molecule has 28 heavy (non-hydrogen) atoms. The number of fused-ring (bicyclic) bond motifs is 1. The second-order valence-electron chi connectivity index (χ2n) is 6.75. The van der Waals surface area contributed by atoms with Crippen LogP contribution in [0.2, 0.25) is 0 Å². The van der Waals surface area contributed by atoms with Crippen molar-refractivity contribution < 1.29 is 23.5 Å². The zero-order chi connectivity index (χ0) is 19.8. The molecular formula is C20H18FN3O4. The Bertz CT molecular complexity index is 1080. The second kappa shape index (κ2) is 6.95. The molecule has 144 valence electrons. The molecule has 4 rings (SSSR count). The molecule has 0 bridgehead atoms. The largest absolute Gasteiger partial charge is 0.475 e. The summed E-state index contributed by atoms with van der Waals surface area (Å²) >= 11 is 0. The number of benzene rings is 1. The molecule has 0 aliphatic heterocycles. The molecule has 0 saturated carbocycles. The number of carbonyl (C=O) groups is 2. The van der Waals surface area contributed by atoms with Gasteiger partial charge in [-0.25, -0.2) is 13.9 Å². The van der Waals surface area contributed by atoms with Crippen LogP contribution in [0.5, 0.6) is 0 Å². The highest BCUT2D eigenvalue weighted by Crippen LogP contribution is 2.29. The number of aromatic nitrogens is 2. The molecule has 0 atom stereocenters. The number of amides is 1. The van der Waals surface area contributed by atoms with E-state index in [4.69, 9.17) is 9.52 Å². The van der Waals surface area contributed by atoms with Gasteiger partial charge in [0.25, 0.3) is 5.91 Å². The lowest BCUT2D eigenvalue weighted by Gasteiger charge is -2.08. The number of aromatic carboxylic acids is 1. The van der Waals surface area contributed by atoms with E-state index < -0.39 is 17.7 Å². The SMILES string of the molecule is Cc1ccc(F)c(-n2nc(C(=O)NCc3ccc(C(=O)O)o3)c3c2CCC3)c1. The number of carbonyl (C=O) groups excluding carboxylic acids is 1. The number of halogens is 1. The van der Waals surface area contributed by atoms with E-state index in [9.17, 15) is 14.0 Å². The Kier molecular flexibility index (Phi) is 4.46. The number of nitrogens with one attached hydrogen (secondary N) is 1. The third-order valence-electron chi connectivity index (χ3n) is 4.77. The minimum Gasteiger partial charge on any atom is -0.475 e. The normalized spacial score (nSPS) is 12.8. The highest BCUT2D eigenvalue weighted by Gasteiger charge is 2.28. The van der Waals surface area contributed by atoms with Crippen molar-refractivity contribution >= 4 is 11.9 Å². The number of furan rings is 1. The lowest BCUT2D eigenvalue weighted by Crippen LogP contribution is -2.24. The van der Waals surface area contributed by atoms with Crippen LogP contribution in [0.15, 0.2) is 34.7 Å². The first-order chi connectivity index (χ1) is 13.4. The van der Waals surface area contributed by atoms with Crippen molar-refractivity contribution in [3.05, 3.63) is 70.2 Å². The zero-order valence-corrected chi connectivity index (χ0v) is 15.2. The predicted octanol–water partition coefficient (Wildman–Crippen LogP) is 3.03. The van der Waals surface area contributed by atoms with E-state index in [-0.39, 0.29) is 18.0 Å². The van der Waals surface area contributed by atoms with Crippen molar-refractivity contribution in [2.75, 3.05) is 0 Å². The van der Waals surface area contributed by atoms with E-state index in [1.54, 1.807) is 12.1 Å². The van der Waals surface area contributed by atoms with Crippen molar-refractivity contribution in [1.29, 1.82) is 0 Å². The van der Waals surface area contributed by atoms with Gasteiger partial charge >= 0.3 is 5.97 Å². The van der Waals surface area contributed by atoms with E-state index in [1.165, 1.54) is 22.9 Å². The molecule has 2 aromatic heterocycles. The molecule has 0 unspecified atom stereocenters. The topological polar surface area (TPSA) is 97.4 Å². The van der Waals surface area contributed by atoms with E-state index in [0.29, 0.717) is 17.9 Å². The van der Waals surface area contributed by atoms with Crippen LogP contribution in [0.1, 0.15) is 50.0 Å². The molecule has 3 aromatic rings. The lowest BCUT2D eigenvalue weighted by atomic mass is 10.2. The molecule has 7 nitrogen and oxygen atoms in total. The molecular weight excluding hydrogens is 365 g/mol. The van der Waals surface area contributed by atoms with Crippen molar-refractivity contribution in [3.8, 4) is 5.69 Å². The molecule has 0 fully saturated rings. The van der Waals surface area contributed by atoms with Gasteiger partial charge in [0.1, 0.15) is 17.3 Å². The van der Waals surface area contributed by atoms with Crippen LogP contribution >= 0.6 is 0 Å². The van der Waals surface area contributed by atoms with E-state index in [2.05, 4.69) is 10.4 Å². The van der Waals surface area contributed by atoms with Crippen molar-refractivity contribution in [1.82, 2.24) is 15.1 Å². The van der Waals surface area contributed by atoms with Gasteiger partial charge in [0.05, 0.1) is 6.54 Å². The summed E-state index contributed by atoms with van der Waals surface area (Å²) in [5.41, 5.74) is 3.16. The summed E-state index contributed by atoms with van der Waals surface area (Å²) in [7, 11) is 0. The molecule has 1 aliphatic carbocycles. The van der Waals surface area contributed by atoms with Crippen LogP contribution in [0.4, 0.5) is 4.39 Å². The fourth-order valence-corrected chi connectivity index (χ4v) is 3.44. The summed E-state index contributed by atoms with van der Waals surface area (Å²) < 4.78 is 21.0.